The minimum absolute atomic E-state index is 0.0111. The first-order chi connectivity index (χ1) is 12.8. The summed E-state index contributed by atoms with van der Waals surface area (Å²) >= 11 is 1.31. The van der Waals surface area contributed by atoms with Crippen LogP contribution in [0, 0.1) is 5.92 Å². The lowest BCUT2D eigenvalue weighted by Gasteiger charge is -2.29. The number of nitrogens with one attached hydrogen (secondary N) is 2. The monoisotopic (exact) mass is 406 g/mol. The number of benzene rings is 1. The molecule has 2 unspecified atom stereocenters. The average Bonchev–Trinajstić information content (AvgIpc) is 3.16. The molecule has 1 aromatic carbocycles. The predicted octanol–water partition coefficient (Wildman–Crippen LogP) is 2.54. The Morgan fingerprint density at radius 2 is 1.89 bits per heavy atom. The minimum atomic E-state index is -3.32. The van der Waals surface area contributed by atoms with Gasteiger partial charge in [-0.15, -0.1) is 11.3 Å². The molecule has 0 aliphatic carbocycles. The van der Waals surface area contributed by atoms with E-state index >= 15 is 0 Å². The van der Waals surface area contributed by atoms with Gasteiger partial charge in [0.2, 0.25) is 5.91 Å². The zero-order chi connectivity index (χ0) is 19.6. The van der Waals surface area contributed by atoms with E-state index in [1.165, 1.54) is 11.3 Å². The topological polar surface area (TPSA) is 92.3 Å². The summed E-state index contributed by atoms with van der Waals surface area (Å²) in [6, 6.07) is 9.13. The largest absolute Gasteiger partial charge is 0.347 e. The highest BCUT2D eigenvalue weighted by atomic mass is 32.2. The number of rotatable bonds is 5. The standard InChI is InChI=1S/C19H22N2O4S2/c1-12(2)17(21-18(22)15-7-5-10-26-15)19(23)20-14-9-11-27(24,25)16-8-4-3-6-13(14)16/h3-8,10,12,14,17H,9,11H2,1-2H3,(H,20,23)(H,21,22). The van der Waals surface area contributed by atoms with Crippen LogP contribution in [0.4, 0.5) is 0 Å². The van der Waals surface area contributed by atoms with Crippen molar-refractivity contribution in [1.29, 1.82) is 0 Å². The van der Waals surface area contributed by atoms with Crippen molar-refractivity contribution in [3.8, 4) is 0 Å². The molecule has 2 amide bonds. The molecule has 0 saturated heterocycles. The first-order valence-corrected chi connectivity index (χ1v) is 11.3. The van der Waals surface area contributed by atoms with E-state index in [0.717, 1.165) is 0 Å². The summed E-state index contributed by atoms with van der Waals surface area (Å²) in [6.07, 6.45) is 0.314. The van der Waals surface area contributed by atoms with E-state index in [2.05, 4.69) is 10.6 Å². The third-order valence-electron chi connectivity index (χ3n) is 4.60. The SMILES string of the molecule is CC(C)C(NC(=O)c1cccs1)C(=O)NC1CCS(=O)(=O)c2ccccc21. The Kier molecular flexibility index (Phi) is 5.67. The predicted molar refractivity (Wildman–Crippen MR) is 104 cm³/mol. The van der Waals surface area contributed by atoms with Crippen LogP contribution in [-0.4, -0.2) is 32.0 Å². The number of sulfone groups is 1. The molecule has 27 heavy (non-hydrogen) atoms. The van der Waals surface area contributed by atoms with Crippen LogP contribution in [0.1, 0.15) is 41.5 Å². The summed E-state index contributed by atoms with van der Waals surface area (Å²) in [7, 11) is -3.32. The summed E-state index contributed by atoms with van der Waals surface area (Å²) in [5.41, 5.74) is 0.601. The van der Waals surface area contributed by atoms with Gasteiger partial charge in [0.15, 0.2) is 9.84 Å². The second-order valence-electron chi connectivity index (χ2n) is 6.88. The van der Waals surface area contributed by atoms with Gasteiger partial charge >= 0.3 is 0 Å². The summed E-state index contributed by atoms with van der Waals surface area (Å²) in [5.74, 6) is -0.723. The number of hydrogen-bond donors (Lipinski definition) is 2. The van der Waals surface area contributed by atoms with Gasteiger partial charge < -0.3 is 10.6 Å². The van der Waals surface area contributed by atoms with Crippen molar-refractivity contribution in [2.45, 2.75) is 37.2 Å². The zero-order valence-electron chi connectivity index (χ0n) is 15.1. The number of carbonyl (C=O) groups excluding carboxylic acids is 2. The highest BCUT2D eigenvalue weighted by Crippen LogP contribution is 2.32. The van der Waals surface area contributed by atoms with Crippen LogP contribution in [0.25, 0.3) is 0 Å². The molecule has 6 nitrogen and oxygen atoms in total. The van der Waals surface area contributed by atoms with Crippen LogP contribution in [-0.2, 0) is 14.6 Å². The molecule has 0 fully saturated rings. The Morgan fingerprint density at radius 3 is 2.56 bits per heavy atom. The second-order valence-corrected chi connectivity index (χ2v) is 9.90. The van der Waals surface area contributed by atoms with E-state index in [4.69, 9.17) is 0 Å². The number of carbonyl (C=O) groups is 2. The molecule has 2 heterocycles. The lowest BCUT2D eigenvalue weighted by Crippen LogP contribution is -2.50. The highest BCUT2D eigenvalue weighted by Gasteiger charge is 2.33. The van der Waals surface area contributed by atoms with Crippen LogP contribution in [0.3, 0.4) is 0 Å². The molecule has 8 heteroatoms. The molecule has 0 spiro atoms. The molecular formula is C19H22N2O4S2. The van der Waals surface area contributed by atoms with Crippen molar-refractivity contribution in [2.75, 3.05) is 5.75 Å². The van der Waals surface area contributed by atoms with Gasteiger partial charge in [0.05, 0.1) is 21.6 Å². The molecule has 2 aromatic rings. The van der Waals surface area contributed by atoms with Gasteiger partial charge in [0, 0.05) is 0 Å². The first kappa shape index (κ1) is 19.6. The van der Waals surface area contributed by atoms with E-state index in [0.29, 0.717) is 16.9 Å². The third kappa shape index (κ3) is 4.22. The van der Waals surface area contributed by atoms with Crippen molar-refractivity contribution < 1.29 is 18.0 Å². The van der Waals surface area contributed by atoms with Crippen molar-refractivity contribution >= 4 is 33.0 Å². The van der Waals surface area contributed by atoms with Crippen LogP contribution < -0.4 is 10.6 Å². The molecule has 1 aromatic heterocycles. The maximum atomic E-state index is 12.9. The van der Waals surface area contributed by atoms with Gasteiger partial charge in [-0.25, -0.2) is 8.42 Å². The fourth-order valence-corrected chi connectivity index (χ4v) is 5.40. The summed E-state index contributed by atoms with van der Waals surface area (Å²) in [5, 5.41) is 7.52. The Balaban J connectivity index is 1.77. The number of fused-ring (bicyclic) bond motifs is 1. The van der Waals surface area contributed by atoms with Crippen molar-refractivity contribution in [1.82, 2.24) is 10.6 Å². The average molecular weight is 407 g/mol. The summed E-state index contributed by atoms with van der Waals surface area (Å²) in [6.45, 7) is 3.72. The molecule has 1 aliphatic heterocycles. The molecule has 144 valence electrons. The van der Waals surface area contributed by atoms with Gasteiger partial charge in [-0.3, -0.25) is 9.59 Å². The van der Waals surface area contributed by atoms with Crippen LogP contribution in [0.2, 0.25) is 0 Å². The Hall–Kier alpha value is -2.19. The minimum Gasteiger partial charge on any atom is -0.347 e. The van der Waals surface area contributed by atoms with Gasteiger partial charge in [0.1, 0.15) is 6.04 Å². The van der Waals surface area contributed by atoms with Gasteiger partial charge in [-0.1, -0.05) is 38.1 Å². The lowest BCUT2D eigenvalue weighted by atomic mass is 10.00. The van der Waals surface area contributed by atoms with E-state index in [1.807, 2.05) is 13.8 Å². The quantitative estimate of drug-likeness (QED) is 0.798. The molecular weight excluding hydrogens is 384 g/mol. The Morgan fingerprint density at radius 1 is 1.15 bits per heavy atom. The molecule has 0 saturated carbocycles. The first-order valence-electron chi connectivity index (χ1n) is 8.76. The zero-order valence-corrected chi connectivity index (χ0v) is 16.8. The molecule has 0 radical (unpaired) electrons. The maximum Gasteiger partial charge on any atom is 0.262 e. The summed E-state index contributed by atoms with van der Waals surface area (Å²) < 4.78 is 24.5. The van der Waals surface area contributed by atoms with Crippen LogP contribution >= 0.6 is 11.3 Å². The number of thiophene rings is 1. The fraction of sp³-hybridized carbons (Fsp3) is 0.368. The van der Waals surface area contributed by atoms with E-state index < -0.39 is 21.9 Å². The van der Waals surface area contributed by atoms with E-state index in [1.54, 1.807) is 41.8 Å². The van der Waals surface area contributed by atoms with Crippen LogP contribution in [0.5, 0.6) is 0 Å². The number of hydrogen-bond acceptors (Lipinski definition) is 5. The molecule has 2 atom stereocenters. The van der Waals surface area contributed by atoms with Gasteiger partial charge in [-0.05, 0) is 35.4 Å². The molecule has 0 bridgehead atoms. The van der Waals surface area contributed by atoms with Gasteiger partial charge in [-0.2, -0.15) is 0 Å². The molecule has 1 aliphatic rings. The van der Waals surface area contributed by atoms with Crippen molar-refractivity contribution in [3.05, 3.63) is 52.2 Å². The van der Waals surface area contributed by atoms with Crippen molar-refractivity contribution in [2.24, 2.45) is 5.92 Å². The summed E-state index contributed by atoms with van der Waals surface area (Å²) in [4.78, 5) is 26.0. The van der Waals surface area contributed by atoms with E-state index in [9.17, 15) is 18.0 Å². The van der Waals surface area contributed by atoms with Crippen LogP contribution in [0.15, 0.2) is 46.7 Å². The Labute approximate surface area is 162 Å². The van der Waals surface area contributed by atoms with E-state index in [-0.39, 0.29) is 28.4 Å². The fourth-order valence-electron chi connectivity index (χ4n) is 3.16. The normalized spacial score (nSPS) is 19.1. The number of amides is 2. The molecule has 2 N–H and O–H groups in total. The highest BCUT2D eigenvalue weighted by molar-refractivity contribution is 7.91. The molecule has 3 rings (SSSR count). The second kappa shape index (κ2) is 7.82. The lowest BCUT2D eigenvalue weighted by molar-refractivity contribution is -0.124. The maximum absolute atomic E-state index is 12.9. The Bertz CT molecular complexity index is 936. The van der Waals surface area contributed by atoms with Gasteiger partial charge in [0.25, 0.3) is 5.91 Å². The third-order valence-corrected chi connectivity index (χ3v) is 7.29. The smallest absolute Gasteiger partial charge is 0.262 e. The van der Waals surface area contributed by atoms with Crippen molar-refractivity contribution in [3.63, 3.8) is 0 Å².